The molecule has 0 nitrogen and oxygen atoms in total. The van der Waals surface area contributed by atoms with Crippen LogP contribution < -0.4 is 0 Å². The lowest BCUT2D eigenvalue weighted by Crippen LogP contribution is -0.982. The van der Waals surface area contributed by atoms with Gasteiger partial charge in [0.1, 0.15) is 0 Å². The van der Waals surface area contributed by atoms with Gasteiger partial charge in [-0.05, 0) is 49.3 Å². The minimum Gasteiger partial charge on any atom is -0.0373 e. The normalized spacial score (nSPS) is 8.40. The summed E-state index contributed by atoms with van der Waals surface area (Å²) in [6.45, 7) is 1.25. The van der Waals surface area contributed by atoms with Crippen molar-refractivity contribution >= 4 is 56.2 Å². The third-order valence-electron chi connectivity index (χ3n) is 0.0563. The fraction of sp³-hybridized carbons (Fsp3) is 0. The number of halogens is 2. The van der Waals surface area contributed by atoms with E-state index in [4.69, 9.17) is 0 Å². The molecule has 0 saturated heterocycles. The highest BCUT2D eigenvalue weighted by molar-refractivity contribution is 9.67. The average molecular weight is 255 g/mol. The average Bonchev–Trinajstić information content (AvgIpc) is 1.41. The molecule has 0 atom stereocenters. The predicted molar refractivity (Wildman–Crippen MR) is 40.0 cm³/mol. The minimum absolute atomic E-state index is 1.25. The molecule has 0 aliphatic carbocycles. The summed E-state index contributed by atoms with van der Waals surface area (Å²) in [7, 11) is 3.20. The zero-order chi connectivity index (χ0) is 4.12. The molecule has 0 aliphatic heterocycles. The molecule has 0 bridgehead atoms. The highest BCUT2D eigenvalue weighted by Gasteiger charge is 1.74. The maximum absolute atomic E-state index is 3.16. The maximum Gasteiger partial charge on any atom is 0.0845 e. The van der Waals surface area contributed by atoms with Gasteiger partial charge in [-0.25, -0.2) is 0 Å². The number of hydrogen-bond donors (Lipinski definition) is 0. The first-order valence-corrected chi connectivity index (χ1v) is 8.10. The summed E-state index contributed by atoms with van der Waals surface area (Å²) in [5, 5.41) is 0. The Morgan fingerprint density at radius 3 is 1.60 bits per heavy atom. The smallest absolute Gasteiger partial charge is 0.0373 e. The van der Waals surface area contributed by atoms with Gasteiger partial charge in [0.15, 0.2) is 0 Å². The molecule has 0 fully saturated rings. The van der Waals surface area contributed by atoms with Gasteiger partial charge < -0.3 is 0 Å². The molecule has 0 aromatic rings. The second-order valence-corrected chi connectivity index (χ2v) is 8.47. The minimum atomic E-state index is 1.25. The summed E-state index contributed by atoms with van der Waals surface area (Å²) in [6, 6.07) is 0. The predicted octanol–water partition coefficient (Wildman–Crippen LogP) is 3.85. The molecular formula is Br2PS2. The van der Waals surface area contributed by atoms with Gasteiger partial charge in [-0.1, -0.05) is 0 Å². The Bertz CT molecular complexity index is 15.1. The SMILES string of the molecule is BrS[P]SBr. The van der Waals surface area contributed by atoms with Crippen molar-refractivity contribution in [3.8, 4) is 0 Å². The van der Waals surface area contributed by atoms with Crippen molar-refractivity contribution in [2.75, 3.05) is 0 Å². The van der Waals surface area contributed by atoms with E-state index in [0.717, 1.165) is 0 Å². The Labute approximate surface area is 55.9 Å². The van der Waals surface area contributed by atoms with Crippen molar-refractivity contribution in [2.45, 2.75) is 0 Å². The van der Waals surface area contributed by atoms with Gasteiger partial charge in [0, 0.05) is 0 Å². The van der Waals surface area contributed by atoms with Crippen molar-refractivity contribution in [3.63, 3.8) is 0 Å². The molecule has 0 rings (SSSR count). The van der Waals surface area contributed by atoms with Gasteiger partial charge in [0.2, 0.25) is 0 Å². The van der Waals surface area contributed by atoms with Crippen LogP contribution in [0, 0.1) is 0 Å². The Kier molecular flexibility index (Phi) is 8.64. The Morgan fingerprint density at radius 2 is 1.60 bits per heavy atom. The lowest BCUT2D eigenvalue weighted by Gasteiger charge is -1.72. The third-order valence-corrected chi connectivity index (χ3v) is 7.90. The molecule has 5 heteroatoms. The van der Waals surface area contributed by atoms with Crippen molar-refractivity contribution in [3.05, 3.63) is 0 Å². The van der Waals surface area contributed by atoms with Gasteiger partial charge in [0.25, 0.3) is 0 Å². The van der Waals surface area contributed by atoms with Crippen LogP contribution in [-0.2, 0) is 0 Å². The first-order valence-electron chi connectivity index (χ1n) is 0.674. The molecule has 0 N–H and O–H groups in total. The van der Waals surface area contributed by atoms with Gasteiger partial charge in [-0.2, -0.15) is 0 Å². The summed E-state index contributed by atoms with van der Waals surface area (Å²) in [5.74, 6) is 0. The van der Waals surface area contributed by atoms with Gasteiger partial charge in [-0.15, -0.1) is 0 Å². The first-order chi connectivity index (χ1) is 2.41. The van der Waals surface area contributed by atoms with Crippen LogP contribution in [0.25, 0.3) is 0 Å². The van der Waals surface area contributed by atoms with Gasteiger partial charge >= 0.3 is 0 Å². The van der Waals surface area contributed by atoms with Crippen LogP contribution >= 0.6 is 56.2 Å². The molecule has 0 heterocycles. The van der Waals surface area contributed by atoms with E-state index in [2.05, 4.69) is 29.6 Å². The van der Waals surface area contributed by atoms with Crippen molar-refractivity contribution in [2.24, 2.45) is 0 Å². The molecule has 5 heavy (non-hydrogen) atoms. The second kappa shape index (κ2) is 6.09. The first kappa shape index (κ1) is 7.09. The Morgan fingerprint density at radius 1 is 1.20 bits per heavy atom. The van der Waals surface area contributed by atoms with Crippen LogP contribution in [0.5, 0.6) is 0 Å². The fourth-order valence-corrected chi connectivity index (χ4v) is 7.76. The van der Waals surface area contributed by atoms with E-state index in [0.29, 0.717) is 0 Å². The quantitative estimate of drug-likeness (QED) is 0.687. The summed E-state index contributed by atoms with van der Waals surface area (Å²) in [5.41, 5.74) is 0. The van der Waals surface area contributed by atoms with Gasteiger partial charge in [0.05, 0.1) is 6.98 Å². The standard InChI is InChI=1S/Br2PS2/c1-4-3-5-2. The highest BCUT2D eigenvalue weighted by atomic mass is 79.9. The lowest BCUT2D eigenvalue weighted by atomic mass is 30.0. The van der Waals surface area contributed by atoms with Crippen LogP contribution in [0.3, 0.4) is 0 Å². The van der Waals surface area contributed by atoms with E-state index in [-0.39, 0.29) is 0 Å². The molecule has 0 aromatic heterocycles. The van der Waals surface area contributed by atoms with Crippen molar-refractivity contribution in [1.82, 2.24) is 0 Å². The maximum atomic E-state index is 3.16. The molecule has 0 saturated carbocycles. The highest BCUT2D eigenvalue weighted by Crippen LogP contribution is 2.49. The van der Waals surface area contributed by atoms with Crippen LogP contribution in [0.2, 0.25) is 0 Å². The summed E-state index contributed by atoms with van der Waals surface area (Å²) < 4.78 is 0. The van der Waals surface area contributed by atoms with Crippen molar-refractivity contribution in [1.29, 1.82) is 0 Å². The lowest BCUT2D eigenvalue weighted by molar-refractivity contribution is 5.68. The Balaban J connectivity index is 2.19. The number of hydrogen-bond acceptors (Lipinski definition) is 2. The van der Waals surface area contributed by atoms with E-state index in [1.165, 1.54) is 6.98 Å². The second-order valence-electron chi connectivity index (χ2n) is 0.213. The fourth-order valence-electron chi connectivity index (χ4n) is 0.0106. The summed E-state index contributed by atoms with van der Waals surface area (Å²) in [6.07, 6.45) is 0. The molecule has 0 unspecified atom stereocenters. The third kappa shape index (κ3) is 6.09. The van der Waals surface area contributed by atoms with E-state index < -0.39 is 0 Å². The largest absolute Gasteiger partial charge is 0.0845 e. The molecule has 31 valence electrons. The summed E-state index contributed by atoms with van der Waals surface area (Å²) >= 11 is 6.33. The van der Waals surface area contributed by atoms with E-state index in [9.17, 15) is 0 Å². The molecule has 1 radical (unpaired) electrons. The molecule has 0 spiro atoms. The van der Waals surface area contributed by atoms with Gasteiger partial charge in [-0.3, -0.25) is 0 Å². The number of rotatable bonds is 2. The Hall–Kier alpha value is 2.09. The molecule has 0 aliphatic rings. The molecule has 0 amide bonds. The van der Waals surface area contributed by atoms with Crippen LogP contribution in [0.4, 0.5) is 0 Å². The van der Waals surface area contributed by atoms with Crippen LogP contribution in [-0.4, -0.2) is 0 Å². The zero-order valence-electron chi connectivity index (χ0n) is 2.02. The molecular weight excluding hydrogens is 255 g/mol. The van der Waals surface area contributed by atoms with E-state index >= 15 is 0 Å². The topological polar surface area (TPSA) is 0 Å². The monoisotopic (exact) mass is 253 g/mol. The van der Waals surface area contributed by atoms with E-state index in [1.54, 1.807) is 19.6 Å². The van der Waals surface area contributed by atoms with Crippen LogP contribution in [0.15, 0.2) is 0 Å². The molecule has 0 aromatic carbocycles. The van der Waals surface area contributed by atoms with Crippen LogP contribution in [0.1, 0.15) is 0 Å². The zero-order valence-corrected chi connectivity index (χ0v) is 7.72. The van der Waals surface area contributed by atoms with Crippen molar-refractivity contribution < 1.29 is 0 Å². The summed E-state index contributed by atoms with van der Waals surface area (Å²) in [4.78, 5) is 0. The van der Waals surface area contributed by atoms with E-state index in [1.807, 2.05) is 0 Å².